The summed E-state index contributed by atoms with van der Waals surface area (Å²) >= 11 is 0. The lowest BCUT2D eigenvalue weighted by atomic mass is 10.1. The molecule has 0 aliphatic carbocycles. The molecule has 0 aromatic carbocycles. The fourth-order valence-corrected chi connectivity index (χ4v) is 1.48. The smallest absolute Gasteiger partial charge is 0.466 e. The van der Waals surface area contributed by atoms with Crippen LogP contribution in [-0.4, -0.2) is 21.3 Å². The van der Waals surface area contributed by atoms with Crippen molar-refractivity contribution in [3.63, 3.8) is 0 Å². The van der Waals surface area contributed by atoms with Gasteiger partial charge in [-0.1, -0.05) is 57.9 Å². The van der Waals surface area contributed by atoms with E-state index in [1.807, 2.05) is 13.0 Å². The van der Waals surface area contributed by atoms with Crippen molar-refractivity contribution in [2.24, 2.45) is 0 Å². The largest absolute Gasteiger partial charge is 0.502 e. The molecule has 19 heavy (non-hydrogen) atoms. The predicted octanol–water partition coefficient (Wildman–Crippen LogP) is 3.75. The van der Waals surface area contributed by atoms with E-state index in [-0.39, 0.29) is 0 Å². The summed E-state index contributed by atoms with van der Waals surface area (Å²) in [6.45, 7) is 5.13. The lowest BCUT2D eigenvalue weighted by Crippen LogP contribution is -1.87. The molecule has 0 amide bonds. The molecule has 5 nitrogen and oxygen atoms in total. The molecule has 0 bridgehead atoms. The monoisotopic (exact) mass is 296 g/mol. The van der Waals surface area contributed by atoms with E-state index in [1.165, 1.54) is 51.4 Å². The number of hydrogen-bond acceptors (Lipinski definition) is 2. The number of hydrogen-bond donors (Lipinski definition) is 3. The maximum Gasteiger partial charge on any atom is 0.466 e. The number of rotatable bonds is 10. The quantitative estimate of drug-likeness (QED) is 0.325. The summed E-state index contributed by atoms with van der Waals surface area (Å²) < 4.78 is 14.1. The standard InChI is InChI=1S/C13H26O.H3O4P/c1-3-5-6-7-8-9-10-11-13-14-12-4-2;1-5(2,3)4/h4,12H,3,5-11,13H2,1-2H3;(H3,1,2,3,4). The molecule has 0 aromatic heterocycles. The second-order valence-electron chi connectivity index (χ2n) is 4.33. The third kappa shape index (κ3) is 38.1. The van der Waals surface area contributed by atoms with Gasteiger partial charge in [0.1, 0.15) is 0 Å². The normalized spacial score (nSPS) is 11.2. The number of phosphoric acid groups is 1. The third-order valence-electron chi connectivity index (χ3n) is 2.35. The molecule has 116 valence electrons. The highest BCUT2D eigenvalue weighted by Gasteiger charge is 2.00. The third-order valence-corrected chi connectivity index (χ3v) is 2.35. The molecule has 0 aromatic rings. The molecule has 0 fully saturated rings. The van der Waals surface area contributed by atoms with Crippen molar-refractivity contribution in [3.8, 4) is 0 Å². The Morgan fingerprint density at radius 3 is 1.79 bits per heavy atom. The molecular formula is C13H29O5P. The Morgan fingerprint density at radius 1 is 0.947 bits per heavy atom. The number of unbranched alkanes of at least 4 members (excludes halogenated alkanes) is 7. The van der Waals surface area contributed by atoms with E-state index in [2.05, 4.69) is 6.92 Å². The molecule has 3 N–H and O–H groups in total. The van der Waals surface area contributed by atoms with Crippen LogP contribution in [0.15, 0.2) is 12.3 Å². The van der Waals surface area contributed by atoms with Crippen molar-refractivity contribution in [1.29, 1.82) is 0 Å². The highest BCUT2D eigenvalue weighted by atomic mass is 31.2. The Kier molecular flexibility index (Phi) is 17.3. The molecular weight excluding hydrogens is 267 g/mol. The van der Waals surface area contributed by atoms with Crippen LogP contribution in [0.25, 0.3) is 0 Å². The second kappa shape index (κ2) is 15.7. The van der Waals surface area contributed by atoms with E-state index in [0.29, 0.717) is 0 Å². The van der Waals surface area contributed by atoms with Gasteiger partial charge >= 0.3 is 7.82 Å². The number of ether oxygens (including phenoxy) is 1. The SMILES string of the molecule is CC=COCCCCCCCCCC.O=P(O)(O)O. The predicted molar refractivity (Wildman–Crippen MR) is 77.6 cm³/mol. The van der Waals surface area contributed by atoms with Crippen molar-refractivity contribution in [2.75, 3.05) is 6.61 Å². The van der Waals surface area contributed by atoms with E-state index >= 15 is 0 Å². The van der Waals surface area contributed by atoms with E-state index in [4.69, 9.17) is 24.0 Å². The van der Waals surface area contributed by atoms with E-state index < -0.39 is 7.82 Å². The fourth-order valence-electron chi connectivity index (χ4n) is 1.48. The van der Waals surface area contributed by atoms with Crippen LogP contribution >= 0.6 is 7.82 Å². The Hall–Kier alpha value is -0.350. The highest BCUT2D eigenvalue weighted by molar-refractivity contribution is 7.45. The van der Waals surface area contributed by atoms with E-state index in [1.54, 1.807) is 6.26 Å². The molecule has 6 heteroatoms. The molecule has 0 radical (unpaired) electrons. The zero-order chi connectivity index (χ0) is 15.0. The molecule has 0 atom stereocenters. The first kappa shape index (κ1) is 21.0. The maximum atomic E-state index is 8.88. The van der Waals surface area contributed by atoms with Gasteiger partial charge in [0, 0.05) is 0 Å². The molecule has 0 heterocycles. The summed E-state index contributed by atoms with van der Waals surface area (Å²) in [7, 11) is -4.64. The van der Waals surface area contributed by atoms with Gasteiger partial charge in [-0.05, 0) is 13.3 Å². The van der Waals surface area contributed by atoms with Crippen LogP contribution in [-0.2, 0) is 9.30 Å². The van der Waals surface area contributed by atoms with Gasteiger partial charge in [-0.2, -0.15) is 0 Å². The van der Waals surface area contributed by atoms with E-state index in [9.17, 15) is 0 Å². The van der Waals surface area contributed by atoms with Gasteiger partial charge in [0.25, 0.3) is 0 Å². The maximum absolute atomic E-state index is 8.88. The fraction of sp³-hybridized carbons (Fsp3) is 0.846. The van der Waals surface area contributed by atoms with Crippen molar-refractivity contribution >= 4 is 7.82 Å². The minimum absolute atomic E-state index is 0.888. The Morgan fingerprint density at radius 2 is 1.37 bits per heavy atom. The lowest BCUT2D eigenvalue weighted by Gasteiger charge is -2.01. The minimum Gasteiger partial charge on any atom is -0.502 e. The van der Waals surface area contributed by atoms with Crippen LogP contribution in [0, 0.1) is 0 Å². The van der Waals surface area contributed by atoms with Gasteiger partial charge in [-0.25, -0.2) is 4.57 Å². The first-order chi connectivity index (χ1) is 8.91. The molecule has 0 aliphatic rings. The minimum atomic E-state index is -4.64. The van der Waals surface area contributed by atoms with Gasteiger partial charge in [0.05, 0.1) is 12.9 Å². The lowest BCUT2D eigenvalue weighted by molar-refractivity contribution is 0.240. The first-order valence-corrected chi connectivity index (χ1v) is 8.49. The van der Waals surface area contributed by atoms with Crippen molar-refractivity contribution in [1.82, 2.24) is 0 Å². The second-order valence-corrected chi connectivity index (χ2v) is 5.35. The molecule has 0 aliphatic heterocycles. The van der Waals surface area contributed by atoms with Gasteiger partial charge in [-0.3, -0.25) is 0 Å². The summed E-state index contributed by atoms with van der Waals surface area (Å²) in [5, 5.41) is 0. The van der Waals surface area contributed by atoms with Crippen LogP contribution in [0.4, 0.5) is 0 Å². The van der Waals surface area contributed by atoms with E-state index in [0.717, 1.165) is 6.61 Å². The summed E-state index contributed by atoms with van der Waals surface area (Å²) in [5.74, 6) is 0. The van der Waals surface area contributed by atoms with Crippen LogP contribution in [0.3, 0.4) is 0 Å². The molecule has 0 unspecified atom stereocenters. The van der Waals surface area contributed by atoms with Gasteiger partial charge in [0.2, 0.25) is 0 Å². The molecule has 0 saturated heterocycles. The van der Waals surface area contributed by atoms with Crippen LogP contribution < -0.4 is 0 Å². The Bertz CT molecular complexity index is 229. The van der Waals surface area contributed by atoms with Gasteiger partial charge in [0.15, 0.2) is 0 Å². The van der Waals surface area contributed by atoms with Crippen LogP contribution in [0.1, 0.15) is 65.2 Å². The Labute approximate surface area is 116 Å². The summed E-state index contributed by atoms with van der Waals surface area (Å²) in [5.41, 5.74) is 0. The topological polar surface area (TPSA) is 87.0 Å². The summed E-state index contributed by atoms with van der Waals surface area (Å²) in [6.07, 6.45) is 14.6. The molecule has 0 spiro atoms. The van der Waals surface area contributed by atoms with Gasteiger partial charge < -0.3 is 19.4 Å². The molecule has 0 rings (SSSR count). The van der Waals surface area contributed by atoms with Crippen molar-refractivity contribution in [2.45, 2.75) is 65.2 Å². The zero-order valence-corrected chi connectivity index (χ0v) is 13.0. The average Bonchev–Trinajstić information content (AvgIpc) is 2.29. The summed E-state index contributed by atoms with van der Waals surface area (Å²) in [6, 6.07) is 0. The first-order valence-electron chi connectivity index (χ1n) is 6.92. The summed E-state index contributed by atoms with van der Waals surface area (Å²) in [4.78, 5) is 21.6. The average molecular weight is 296 g/mol. The molecule has 0 saturated carbocycles. The van der Waals surface area contributed by atoms with Crippen LogP contribution in [0.5, 0.6) is 0 Å². The zero-order valence-electron chi connectivity index (χ0n) is 12.1. The number of allylic oxidation sites excluding steroid dienone is 1. The van der Waals surface area contributed by atoms with Crippen molar-refractivity contribution in [3.05, 3.63) is 12.3 Å². The van der Waals surface area contributed by atoms with Gasteiger partial charge in [-0.15, -0.1) is 0 Å². The highest BCUT2D eigenvalue weighted by Crippen LogP contribution is 2.25. The Balaban J connectivity index is 0. The van der Waals surface area contributed by atoms with Crippen molar-refractivity contribution < 1.29 is 24.0 Å². The van der Waals surface area contributed by atoms with Crippen LogP contribution in [0.2, 0.25) is 0 Å².